The van der Waals surface area contributed by atoms with Crippen LogP contribution < -0.4 is 10.6 Å². The monoisotopic (exact) mass is 883 g/mol. The zero-order valence-electron chi connectivity index (χ0n) is 38.8. The fraction of sp³-hybridized carbons (Fsp3) is 0.224. The van der Waals surface area contributed by atoms with Gasteiger partial charge in [-0.3, -0.25) is 9.98 Å². The van der Waals surface area contributed by atoms with E-state index in [0.717, 1.165) is 24.9 Å². The van der Waals surface area contributed by atoms with Gasteiger partial charge in [-0.25, -0.2) is 0 Å². The largest absolute Gasteiger partial charge is 0.341 e. The summed E-state index contributed by atoms with van der Waals surface area (Å²) in [7, 11) is 0. The van der Waals surface area contributed by atoms with E-state index in [1.165, 1.54) is 54.2 Å². The summed E-state index contributed by atoms with van der Waals surface area (Å²) >= 11 is 0. The molecule has 0 unspecified atom stereocenters. The van der Waals surface area contributed by atoms with Crippen molar-refractivity contribution in [3.63, 3.8) is 0 Å². The predicted octanol–water partition coefficient (Wildman–Crippen LogP) is 15.5. The average Bonchev–Trinajstić information content (AvgIpc) is 4.06. The molecule has 0 spiro atoms. The Balaban J connectivity index is 0.000000706. The number of fused-ring (bicyclic) bond motifs is 5. The minimum absolute atomic E-state index is 0. The van der Waals surface area contributed by atoms with E-state index in [-0.39, 0.29) is 32.7 Å². The summed E-state index contributed by atoms with van der Waals surface area (Å²) in [5.41, 5.74) is 3.79. The standard InChI is InChI=1S/C14H10.C10H8.2C8H7N.C8H8.5C2H6.Y/c1-2-6-12-10-14-8-4-3-7-13(14)9-11(12)5-1;1-2-6-10-8-4-3-7-9(10)5-1;1-2-4-8-6-9-5-7(8)3-1;1-2-4-8-7(3-1)5-6-9-8;1-2-8-6-4-3-5-7-8;5*1-2;/h1-10H;1-8H;2*1-5H,6H2;3-6H,1-2H2;5*1-2H3;/q;;;;-2;;;;;;. The molecule has 0 aliphatic carbocycles. The summed E-state index contributed by atoms with van der Waals surface area (Å²) in [5, 5.41) is 10.3. The van der Waals surface area contributed by atoms with Crippen molar-refractivity contribution < 1.29 is 32.7 Å². The van der Waals surface area contributed by atoms with Crippen LogP contribution in [0.5, 0.6) is 0 Å². The van der Waals surface area contributed by atoms with Crippen molar-refractivity contribution in [3.8, 4) is 0 Å². The zero-order chi connectivity index (χ0) is 44.2. The van der Waals surface area contributed by atoms with Gasteiger partial charge >= 0.3 is 0 Å². The van der Waals surface area contributed by atoms with Gasteiger partial charge in [0.2, 0.25) is 0 Å². The first kappa shape index (κ1) is 56.0. The quantitative estimate of drug-likeness (QED) is 0.116. The van der Waals surface area contributed by atoms with Crippen LogP contribution in [0.3, 0.4) is 0 Å². The van der Waals surface area contributed by atoms with Crippen molar-refractivity contribution in [1.29, 1.82) is 0 Å². The van der Waals surface area contributed by atoms with E-state index in [0.29, 0.717) is 0 Å². The van der Waals surface area contributed by atoms with Gasteiger partial charge in [-0.05, 0) is 66.9 Å². The van der Waals surface area contributed by atoms with Crippen LogP contribution in [0, 0.1) is 13.0 Å². The first-order valence-corrected chi connectivity index (χ1v) is 22.0. The van der Waals surface area contributed by atoms with E-state index in [1.54, 1.807) is 0 Å². The molecule has 0 amide bonds. The minimum Gasteiger partial charge on any atom is -0.341 e. The summed E-state index contributed by atoms with van der Waals surface area (Å²) in [6.45, 7) is 25.5. The molecule has 2 heterocycles. The fourth-order valence-corrected chi connectivity index (χ4v) is 5.69. The molecule has 0 aromatic heterocycles. The Kier molecular flexibility index (Phi) is 33.8. The third-order valence-electron chi connectivity index (χ3n) is 8.37. The molecule has 2 aliphatic heterocycles. The normalized spacial score (nSPS) is 9.89. The maximum absolute atomic E-state index is 4.24. The summed E-state index contributed by atoms with van der Waals surface area (Å²) in [6.07, 6.45) is 4.89. The van der Waals surface area contributed by atoms with Crippen LogP contribution in [0.25, 0.3) is 38.4 Å². The number of rotatable bonds is 1. The van der Waals surface area contributed by atoms with E-state index in [4.69, 9.17) is 0 Å². The van der Waals surface area contributed by atoms with Crippen LogP contribution in [0.15, 0.2) is 192 Å². The van der Waals surface area contributed by atoms with E-state index in [1.807, 2.05) is 130 Å². The fourth-order valence-electron chi connectivity index (χ4n) is 5.69. The first-order valence-electron chi connectivity index (χ1n) is 22.0. The molecule has 317 valence electrons. The molecule has 1 radical (unpaired) electrons. The van der Waals surface area contributed by atoms with Crippen LogP contribution in [-0.2, 0) is 45.7 Å². The summed E-state index contributed by atoms with van der Waals surface area (Å²) in [6, 6.07) is 65.5. The number of para-hydroxylation sites is 1. The molecule has 8 aromatic rings. The van der Waals surface area contributed by atoms with Crippen molar-refractivity contribution in [3.05, 3.63) is 222 Å². The number of nitrogens with zero attached hydrogens (tertiary/aromatic N) is 2. The third-order valence-corrected chi connectivity index (χ3v) is 8.37. The summed E-state index contributed by atoms with van der Waals surface area (Å²) in [4.78, 5) is 8.37. The van der Waals surface area contributed by atoms with E-state index in [9.17, 15) is 0 Å². The molecule has 2 aliphatic rings. The third kappa shape index (κ3) is 20.4. The Labute approximate surface area is 395 Å². The van der Waals surface area contributed by atoms with Gasteiger partial charge in [0.1, 0.15) is 0 Å². The van der Waals surface area contributed by atoms with Gasteiger partial charge in [0.15, 0.2) is 0 Å². The SMILES string of the molecule is C1=NCc2ccccc21.C1=c2ccccc2=NC1.CC.CC.CC.CC.CC.[CH2-]Cc1[c-]cccc1.[Y].c1ccc2cc3ccccc3cc2c1.c1ccc2ccccc2c1. The van der Waals surface area contributed by atoms with Gasteiger partial charge in [-0.15, -0.1) is 0 Å². The molecule has 8 aromatic carbocycles. The molecule has 2 nitrogen and oxygen atoms in total. The Morgan fingerprint density at radius 1 is 0.475 bits per heavy atom. The molecule has 10 rings (SSSR count). The van der Waals surface area contributed by atoms with Crippen LogP contribution in [0.1, 0.15) is 85.9 Å². The Morgan fingerprint density at radius 2 is 0.885 bits per heavy atom. The predicted molar refractivity (Wildman–Crippen MR) is 271 cm³/mol. The smallest absolute Gasteiger partial charge is 0.0647 e. The van der Waals surface area contributed by atoms with E-state index < -0.39 is 0 Å². The number of aliphatic imine (C=N–C) groups is 1. The number of hydrogen-bond acceptors (Lipinski definition) is 2. The number of benzene rings is 8. The van der Waals surface area contributed by atoms with Gasteiger partial charge in [-0.1, -0.05) is 215 Å². The van der Waals surface area contributed by atoms with Gasteiger partial charge in [0.25, 0.3) is 0 Å². The Hall–Kier alpha value is -5.02. The maximum Gasteiger partial charge on any atom is 0.0647 e. The number of hydrogen-bond donors (Lipinski definition) is 0. The molecule has 0 bridgehead atoms. The Morgan fingerprint density at radius 3 is 1.30 bits per heavy atom. The zero-order valence-corrected chi connectivity index (χ0v) is 41.6. The molecule has 3 heteroatoms. The van der Waals surface area contributed by atoms with Crippen molar-refractivity contribution in [1.82, 2.24) is 0 Å². The topological polar surface area (TPSA) is 24.7 Å². The van der Waals surface area contributed by atoms with Crippen molar-refractivity contribution in [2.75, 3.05) is 6.54 Å². The first-order chi connectivity index (χ1) is 29.8. The molecule has 61 heavy (non-hydrogen) atoms. The van der Waals surface area contributed by atoms with Crippen molar-refractivity contribution in [2.24, 2.45) is 9.98 Å². The molecule has 0 N–H and O–H groups in total. The van der Waals surface area contributed by atoms with Gasteiger partial charge < -0.3 is 6.92 Å². The van der Waals surface area contributed by atoms with Crippen molar-refractivity contribution >= 4 is 44.6 Å². The average molecular weight is 884 g/mol. The van der Waals surface area contributed by atoms with Gasteiger partial charge in [0, 0.05) is 38.9 Å². The minimum atomic E-state index is 0. The van der Waals surface area contributed by atoms with Crippen LogP contribution in [-0.4, -0.2) is 12.8 Å². The van der Waals surface area contributed by atoms with Gasteiger partial charge in [0.05, 0.1) is 18.4 Å². The van der Waals surface area contributed by atoms with Crippen LogP contribution in [0.2, 0.25) is 0 Å². The van der Waals surface area contributed by atoms with Gasteiger partial charge in [-0.2, -0.15) is 42.3 Å². The maximum atomic E-state index is 4.24. The Bertz CT molecular complexity index is 2230. The molecule has 0 saturated carbocycles. The second-order valence-corrected chi connectivity index (χ2v) is 11.8. The molecular formula is C58H70N2Y-2. The van der Waals surface area contributed by atoms with E-state index >= 15 is 0 Å². The van der Waals surface area contributed by atoms with Crippen LogP contribution >= 0.6 is 0 Å². The second kappa shape index (κ2) is 36.8. The molecule has 0 atom stereocenters. The molecule has 0 fully saturated rings. The summed E-state index contributed by atoms with van der Waals surface area (Å²) in [5.74, 6) is 0. The van der Waals surface area contributed by atoms with Crippen LogP contribution in [0.4, 0.5) is 0 Å². The van der Waals surface area contributed by atoms with Crippen molar-refractivity contribution in [2.45, 2.75) is 82.2 Å². The molecular weight excluding hydrogens is 814 g/mol. The molecule has 0 saturated heterocycles. The second-order valence-electron chi connectivity index (χ2n) is 11.8. The van der Waals surface area contributed by atoms with E-state index in [2.05, 4.69) is 156 Å². The summed E-state index contributed by atoms with van der Waals surface area (Å²) < 4.78 is 0.